The molecule has 1 aromatic rings. The Kier molecular flexibility index (Phi) is 5.42. The number of hydrogen-bond acceptors (Lipinski definition) is 3. The zero-order chi connectivity index (χ0) is 16.2. The van der Waals surface area contributed by atoms with Crippen molar-refractivity contribution >= 4 is 5.91 Å². The summed E-state index contributed by atoms with van der Waals surface area (Å²) in [6.07, 6.45) is -3.58. The van der Waals surface area contributed by atoms with Crippen molar-refractivity contribution in [2.24, 2.45) is 0 Å². The number of nitrogens with zero attached hydrogens (tertiary/aromatic N) is 1. The number of rotatable bonds is 5. The Bertz CT molecular complexity index is 520. The molecule has 22 heavy (non-hydrogen) atoms. The molecule has 0 aliphatic carbocycles. The number of carbonyl (C=O) groups is 1. The third-order valence-corrected chi connectivity index (χ3v) is 3.86. The Morgan fingerprint density at radius 1 is 1.36 bits per heavy atom. The summed E-state index contributed by atoms with van der Waals surface area (Å²) in [4.78, 5) is 12.8. The number of fused-ring (bicyclic) bond motifs is 1. The number of benzene rings is 1. The van der Waals surface area contributed by atoms with E-state index in [2.05, 4.69) is 0 Å². The number of halogens is 3. The number of aliphatic hydroxyl groups is 1. The fourth-order valence-corrected chi connectivity index (χ4v) is 2.77. The molecule has 0 saturated heterocycles. The van der Waals surface area contributed by atoms with Crippen LogP contribution in [-0.4, -0.2) is 48.3 Å². The third-order valence-electron chi connectivity index (χ3n) is 3.86. The summed E-state index contributed by atoms with van der Waals surface area (Å²) in [5.74, 6) is -1.91. The van der Waals surface area contributed by atoms with Gasteiger partial charge in [0.1, 0.15) is 0 Å². The van der Waals surface area contributed by atoms with Crippen LogP contribution < -0.4 is 5.32 Å². The normalized spacial score (nSPS) is 18.8. The highest BCUT2D eigenvalue weighted by molar-refractivity contribution is 5.81. The molecule has 122 valence electrons. The van der Waals surface area contributed by atoms with Gasteiger partial charge in [-0.1, -0.05) is 24.3 Å². The maximum Gasteiger partial charge on any atom is 0.471 e. The van der Waals surface area contributed by atoms with Gasteiger partial charge < -0.3 is 10.4 Å². The molecule has 0 spiro atoms. The molecule has 1 amide bonds. The van der Waals surface area contributed by atoms with E-state index in [1.165, 1.54) is 5.56 Å². The highest BCUT2D eigenvalue weighted by Crippen LogP contribution is 2.29. The first-order valence-electron chi connectivity index (χ1n) is 7.21. The number of nitrogens with one attached hydrogen (secondary N) is 1. The molecule has 1 atom stereocenters. The molecule has 1 heterocycles. The lowest BCUT2D eigenvalue weighted by molar-refractivity contribution is -0.173. The predicted octanol–water partition coefficient (Wildman–Crippen LogP) is 1.65. The minimum absolute atomic E-state index is 0.0331. The van der Waals surface area contributed by atoms with Gasteiger partial charge in [0.2, 0.25) is 0 Å². The summed E-state index contributed by atoms with van der Waals surface area (Å²) >= 11 is 0. The lowest BCUT2D eigenvalue weighted by Gasteiger charge is -2.36. The molecule has 0 radical (unpaired) electrons. The zero-order valence-electron chi connectivity index (χ0n) is 12.1. The molecular weight excluding hydrogens is 297 g/mol. The number of carbonyl (C=O) groups excluding carboxylic acids is 1. The highest BCUT2D eigenvalue weighted by Gasteiger charge is 2.38. The van der Waals surface area contributed by atoms with Gasteiger partial charge in [0, 0.05) is 19.6 Å². The van der Waals surface area contributed by atoms with Crippen molar-refractivity contribution in [3.05, 3.63) is 35.4 Å². The van der Waals surface area contributed by atoms with Crippen LogP contribution in [0.5, 0.6) is 0 Å². The molecule has 0 bridgehead atoms. The Hall–Kier alpha value is -1.60. The average molecular weight is 316 g/mol. The smallest absolute Gasteiger partial charge is 0.394 e. The van der Waals surface area contributed by atoms with E-state index in [1.807, 2.05) is 34.5 Å². The van der Waals surface area contributed by atoms with Crippen molar-refractivity contribution in [1.82, 2.24) is 10.2 Å². The van der Waals surface area contributed by atoms with Crippen molar-refractivity contribution < 1.29 is 23.1 Å². The second kappa shape index (κ2) is 7.11. The lowest BCUT2D eigenvalue weighted by Crippen LogP contribution is -2.41. The molecule has 7 heteroatoms. The van der Waals surface area contributed by atoms with Crippen molar-refractivity contribution in [2.75, 3.05) is 26.2 Å². The van der Waals surface area contributed by atoms with E-state index in [0.29, 0.717) is 13.0 Å². The Labute approximate surface area is 126 Å². The fourth-order valence-electron chi connectivity index (χ4n) is 2.77. The molecule has 1 aliphatic heterocycles. The Morgan fingerprint density at radius 3 is 2.77 bits per heavy atom. The molecule has 2 rings (SSSR count). The summed E-state index contributed by atoms with van der Waals surface area (Å²) < 4.78 is 36.2. The lowest BCUT2D eigenvalue weighted by atomic mass is 9.93. The second-order valence-corrected chi connectivity index (χ2v) is 5.29. The third kappa shape index (κ3) is 3.98. The molecule has 0 saturated carbocycles. The van der Waals surface area contributed by atoms with Gasteiger partial charge in [-0.25, -0.2) is 0 Å². The average Bonchev–Trinajstić information content (AvgIpc) is 2.49. The van der Waals surface area contributed by atoms with Gasteiger partial charge in [-0.05, 0) is 24.0 Å². The highest BCUT2D eigenvalue weighted by atomic mass is 19.4. The first-order valence-corrected chi connectivity index (χ1v) is 7.21. The Balaban J connectivity index is 1.85. The van der Waals surface area contributed by atoms with Gasteiger partial charge in [0.05, 0.1) is 12.6 Å². The van der Waals surface area contributed by atoms with Crippen LogP contribution in [0.1, 0.15) is 23.6 Å². The summed E-state index contributed by atoms with van der Waals surface area (Å²) in [5.41, 5.74) is 2.26. The molecule has 0 aromatic heterocycles. The van der Waals surface area contributed by atoms with Gasteiger partial charge >= 0.3 is 12.1 Å². The van der Waals surface area contributed by atoms with Crippen molar-refractivity contribution in [3.63, 3.8) is 0 Å². The minimum Gasteiger partial charge on any atom is -0.394 e. The number of alkyl halides is 3. The van der Waals surface area contributed by atoms with E-state index in [-0.39, 0.29) is 19.2 Å². The predicted molar refractivity (Wildman–Crippen MR) is 75.2 cm³/mol. The van der Waals surface area contributed by atoms with Gasteiger partial charge in [0.25, 0.3) is 0 Å². The number of amides is 1. The van der Waals surface area contributed by atoms with E-state index in [4.69, 9.17) is 0 Å². The summed E-state index contributed by atoms with van der Waals surface area (Å²) in [7, 11) is 0. The van der Waals surface area contributed by atoms with Crippen LogP contribution in [0.25, 0.3) is 0 Å². The Morgan fingerprint density at radius 2 is 2.09 bits per heavy atom. The quantitative estimate of drug-likeness (QED) is 0.812. The SMILES string of the molecule is O=C(NCCCN1CCc2ccccc2C1CO)C(F)(F)F. The molecule has 1 aliphatic rings. The number of aliphatic hydroxyl groups excluding tert-OH is 1. The van der Waals surface area contributed by atoms with Gasteiger partial charge in [-0.15, -0.1) is 0 Å². The van der Waals surface area contributed by atoms with Crippen LogP contribution in [0.2, 0.25) is 0 Å². The fraction of sp³-hybridized carbons (Fsp3) is 0.533. The van der Waals surface area contributed by atoms with E-state index in [9.17, 15) is 23.1 Å². The summed E-state index contributed by atoms with van der Waals surface area (Å²) in [6.45, 7) is 1.20. The molecule has 0 fully saturated rings. The standard InChI is InChI=1S/C15H19F3N2O2/c16-15(17,18)14(22)19-7-3-8-20-9-6-11-4-1-2-5-12(11)13(20)10-21/h1-2,4-5,13,21H,3,6-10H2,(H,19,22). The maximum atomic E-state index is 12.1. The van der Waals surface area contributed by atoms with E-state index in [1.54, 1.807) is 0 Å². The van der Waals surface area contributed by atoms with Crippen LogP contribution in [0.15, 0.2) is 24.3 Å². The zero-order valence-corrected chi connectivity index (χ0v) is 12.1. The topological polar surface area (TPSA) is 52.6 Å². The van der Waals surface area contributed by atoms with Gasteiger partial charge in [0.15, 0.2) is 0 Å². The minimum atomic E-state index is -4.84. The van der Waals surface area contributed by atoms with Crippen molar-refractivity contribution in [3.8, 4) is 0 Å². The molecular formula is C15H19F3N2O2. The maximum absolute atomic E-state index is 12.1. The first kappa shape index (κ1) is 16.8. The number of hydrogen-bond donors (Lipinski definition) is 2. The van der Waals surface area contributed by atoms with Crippen molar-refractivity contribution in [1.29, 1.82) is 0 Å². The van der Waals surface area contributed by atoms with Gasteiger partial charge in [-0.2, -0.15) is 13.2 Å². The summed E-state index contributed by atoms with van der Waals surface area (Å²) in [5, 5.41) is 11.5. The molecule has 1 unspecified atom stereocenters. The molecule has 2 N–H and O–H groups in total. The van der Waals surface area contributed by atoms with Crippen LogP contribution in [0.3, 0.4) is 0 Å². The van der Waals surface area contributed by atoms with E-state index < -0.39 is 12.1 Å². The second-order valence-electron chi connectivity index (χ2n) is 5.29. The van der Waals surface area contributed by atoms with Crippen molar-refractivity contribution in [2.45, 2.75) is 25.1 Å². The van der Waals surface area contributed by atoms with E-state index in [0.717, 1.165) is 18.5 Å². The summed E-state index contributed by atoms with van der Waals surface area (Å²) in [6, 6.07) is 7.72. The van der Waals surface area contributed by atoms with Crippen LogP contribution >= 0.6 is 0 Å². The van der Waals surface area contributed by atoms with Crippen LogP contribution in [0.4, 0.5) is 13.2 Å². The van der Waals surface area contributed by atoms with Crippen LogP contribution in [-0.2, 0) is 11.2 Å². The van der Waals surface area contributed by atoms with Crippen LogP contribution in [0, 0.1) is 0 Å². The first-order chi connectivity index (χ1) is 10.4. The monoisotopic (exact) mass is 316 g/mol. The van der Waals surface area contributed by atoms with E-state index >= 15 is 0 Å². The molecule has 1 aromatic carbocycles. The molecule has 4 nitrogen and oxygen atoms in total. The van der Waals surface area contributed by atoms with Gasteiger partial charge in [-0.3, -0.25) is 9.69 Å². The largest absolute Gasteiger partial charge is 0.471 e.